The topological polar surface area (TPSA) is 41.9 Å². The van der Waals surface area contributed by atoms with Gasteiger partial charge in [-0.1, -0.05) is 56.3 Å². The fourth-order valence-corrected chi connectivity index (χ4v) is 3.84. The third kappa shape index (κ3) is 6.05. The zero-order valence-electron chi connectivity index (χ0n) is 18.0. The van der Waals surface area contributed by atoms with Crippen molar-refractivity contribution in [2.75, 3.05) is 39.5 Å². The van der Waals surface area contributed by atoms with Gasteiger partial charge in [-0.15, -0.1) is 0 Å². The van der Waals surface area contributed by atoms with Crippen molar-refractivity contribution in [3.05, 3.63) is 65.7 Å². The predicted molar refractivity (Wildman–Crippen MR) is 117 cm³/mol. The van der Waals surface area contributed by atoms with Gasteiger partial charge in [-0.3, -0.25) is 4.90 Å². The number of hydrogen-bond acceptors (Lipinski definition) is 4. The normalized spacial score (nSPS) is 18.4. The Morgan fingerprint density at radius 2 is 1.69 bits per heavy atom. The highest BCUT2D eigenvalue weighted by atomic mass is 16.5. The van der Waals surface area contributed by atoms with Crippen molar-refractivity contribution in [1.29, 1.82) is 0 Å². The number of aliphatic hydroxyl groups is 1. The molecule has 1 fully saturated rings. The molecule has 1 N–H and O–H groups in total. The summed E-state index contributed by atoms with van der Waals surface area (Å²) in [6.45, 7) is 11.2. The van der Waals surface area contributed by atoms with Gasteiger partial charge in [-0.25, -0.2) is 0 Å². The van der Waals surface area contributed by atoms with E-state index in [2.05, 4.69) is 30.9 Å². The molecule has 2 unspecified atom stereocenters. The molecule has 29 heavy (non-hydrogen) atoms. The predicted octanol–water partition coefficient (Wildman–Crippen LogP) is 4.44. The maximum Gasteiger partial charge on any atom is 0.119 e. The second kappa shape index (κ2) is 10.2. The van der Waals surface area contributed by atoms with Gasteiger partial charge in [0.25, 0.3) is 0 Å². The van der Waals surface area contributed by atoms with Crippen LogP contribution in [-0.2, 0) is 10.3 Å². The van der Waals surface area contributed by atoms with E-state index in [0.29, 0.717) is 5.92 Å². The van der Waals surface area contributed by atoms with Gasteiger partial charge in [0.15, 0.2) is 0 Å². The highest BCUT2D eigenvalue weighted by Crippen LogP contribution is 2.38. The van der Waals surface area contributed by atoms with Crippen LogP contribution in [0.1, 0.15) is 44.2 Å². The van der Waals surface area contributed by atoms with E-state index < -0.39 is 5.60 Å². The molecule has 0 radical (unpaired) electrons. The van der Waals surface area contributed by atoms with E-state index in [0.717, 1.165) is 62.8 Å². The maximum absolute atomic E-state index is 11.7. The molecule has 0 amide bonds. The van der Waals surface area contributed by atoms with E-state index >= 15 is 0 Å². The fraction of sp³-hybridized carbons (Fsp3) is 0.520. The van der Waals surface area contributed by atoms with E-state index in [9.17, 15) is 5.11 Å². The minimum Gasteiger partial charge on any atom is -0.494 e. The average Bonchev–Trinajstić information content (AvgIpc) is 2.73. The first kappa shape index (κ1) is 21.8. The van der Waals surface area contributed by atoms with Crippen molar-refractivity contribution in [2.24, 2.45) is 5.92 Å². The van der Waals surface area contributed by atoms with Gasteiger partial charge >= 0.3 is 0 Å². The van der Waals surface area contributed by atoms with Crippen LogP contribution in [0.3, 0.4) is 0 Å². The number of ether oxygens (including phenoxy) is 2. The van der Waals surface area contributed by atoms with Crippen molar-refractivity contribution >= 4 is 0 Å². The summed E-state index contributed by atoms with van der Waals surface area (Å²) < 4.78 is 11.3. The molecule has 1 heterocycles. The van der Waals surface area contributed by atoms with E-state index in [1.807, 2.05) is 49.4 Å². The maximum atomic E-state index is 11.7. The molecule has 4 heteroatoms. The largest absolute Gasteiger partial charge is 0.494 e. The first-order chi connectivity index (χ1) is 14.0. The van der Waals surface area contributed by atoms with Crippen LogP contribution in [0.4, 0.5) is 0 Å². The molecular formula is C25H35NO3. The Balaban J connectivity index is 1.78. The summed E-state index contributed by atoms with van der Waals surface area (Å²) >= 11 is 0. The molecule has 1 aliphatic heterocycles. The molecule has 3 rings (SSSR count). The van der Waals surface area contributed by atoms with Crippen LogP contribution in [-0.4, -0.2) is 49.5 Å². The molecule has 0 saturated carbocycles. The summed E-state index contributed by atoms with van der Waals surface area (Å²) in [5, 5.41) is 11.7. The lowest BCUT2D eigenvalue weighted by Crippen LogP contribution is -2.43. The lowest BCUT2D eigenvalue weighted by atomic mass is 9.78. The van der Waals surface area contributed by atoms with Crippen LogP contribution >= 0.6 is 0 Å². The van der Waals surface area contributed by atoms with Gasteiger partial charge in [-0.2, -0.15) is 0 Å². The van der Waals surface area contributed by atoms with Crippen LogP contribution < -0.4 is 4.74 Å². The number of rotatable bonds is 9. The quantitative estimate of drug-likeness (QED) is 0.679. The average molecular weight is 398 g/mol. The molecule has 1 aliphatic rings. The summed E-state index contributed by atoms with van der Waals surface area (Å²) in [7, 11) is 0. The lowest BCUT2D eigenvalue weighted by molar-refractivity contribution is -0.0107. The molecular weight excluding hydrogens is 362 g/mol. The van der Waals surface area contributed by atoms with Crippen LogP contribution in [0.5, 0.6) is 5.75 Å². The summed E-state index contributed by atoms with van der Waals surface area (Å²) in [6.07, 6.45) is 1.04. The van der Waals surface area contributed by atoms with E-state index in [4.69, 9.17) is 9.47 Å². The molecule has 0 bridgehead atoms. The van der Waals surface area contributed by atoms with Crippen LogP contribution in [0, 0.1) is 5.92 Å². The van der Waals surface area contributed by atoms with Crippen LogP contribution in [0.25, 0.3) is 0 Å². The third-order valence-corrected chi connectivity index (χ3v) is 5.83. The van der Waals surface area contributed by atoms with E-state index in [1.54, 1.807) is 0 Å². The third-order valence-electron chi connectivity index (χ3n) is 5.83. The molecule has 2 atom stereocenters. The summed E-state index contributed by atoms with van der Waals surface area (Å²) in [5.41, 5.74) is 1.08. The molecule has 1 saturated heterocycles. The zero-order chi connectivity index (χ0) is 20.7. The SMILES string of the molecule is CC(C)CCOc1ccc(C(C)(O)C(CN2CCOCC2)c2ccccc2)cc1. The van der Waals surface area contributed by atoms with E-state index in [-0.39, 0.29) is 5.92 Å². The molecule has 158 valence electrons. The van der Waals surface area contributed by atoms with Gasteiger partial charge in [0.1, 0.15) is 5.75 Å². The van der Waals surface area contributed by atoms with Crippen molar-refractivity contribution in [2.45, 2.75) is 38.7 Å². The summed E-state index contributed by atoms with van der Waals surface area (Å²) in [5.74, 6) is 1.45. The Labute approximate surface area is 175 Å². The second-order valence-corrected chi connectivity index (χ2v) is 8.58. The molecule has 0 aliphatic carbocycles. The first-order valence-corrected chi connectivity index (χ1v) is 10.8. The standard InChI is InChI=1S/C25H35NO3/c1-20(2)13-16-29-23-11-9-22(10-12-23)25(3,27)24(21-7-5-4-6-8-21)19-26-14-17-28-18-15-26/h4-12,20,24,27H,13-19H2,1-3H3. The van der Waals surface area contributed by atoms with Gasteiger partial charge in [0.2, 0.25) is 0 Å². The van der Waals surface area contributed by atoms with Gasteiger partial charge < -0.3 is 14.6 Å². The Kier molecular flexibility index (Phi) is 7.70. The summed E-state index contributed by atoms with van der Waals surface area (Å²) in [4.78, 5) is 2.39. The highest BCUT2D eigenvalue weighted by molar-refractivity contribution is 5.35. The van der Waals surface area contributed by atoms with Gasteiger partial charge in [0, 0.05) is 25.6 Å². The monoisotopic (exact) mass is 397 g/mol. The Morgan fingerprint density at radius 1 is 1.03 bits per heavy atom. The zero-order valence-corrected chi connectivity index (χ0v) is 18.0. The number of hydrogen-bond donors (Lipinski definition) is 1. The smallest absolute Gasteiger partial charge is 0.119 e. The second-order valence-electron chi connectivity index (χ2n) is 8.58. The number of nitrogens with zero attached hydrogens (tertiary/aromatic N) is 1. The molecule has 2 aromatic rings. The first-order valence-electron chi connectivity index (χ1n) is 10.8. The van der Waals surface area contributed by atoms with Crippen molar-refractivity contribution < 1.29 is 14.6 Å². The van der Waals surface area contributed by atoms with Crippen LogP contribution in [0.15, 0.2) is 54.6 Å². The van der Waals surface area contributed by atoms with Crippen molar-refractivity contribution in [1.82, 2.24) is 4.90 Å². The van der Waals surface area contributed by atoms with Gasteiger partial charge in [-0.05, 0) is 42.5 Å². The minimum atomic E-state index is -0.990. The number of morpholine rings is 1. The lowest BCUT2D eigenvalue weighted by Gasteiger charge is -2.38. The Hall–Kier alpha value is -1.88. The van der Waals surface area contributed by atoms with E-state index in [1.165, 1.54) is 0 Å². The fourth-order valence-electron chi connectivity index (χ4n) is 3.84. The highest BCUT2D eigenvalue weighted by Gasteiger charge is 2.36. The van der Waals surface area contributed by atoms with Crippen molar-refractivity contribution in [3.63, 3.8) is 0 Å². The Morgan fingerprint density at radius 3 is 2.31 bits per heavy atom. The minimum absolute atomic E-state index is 0.0329. The number of benzene rings is 2. The molecule has 0 spiro atoms. The molecule has 0 aromatic heterocycles. The van der Waals surface area contributed by atoms with Gasteiger partial charge in [0.05, 0.1) is 25.4 Å². The Bertz CT molecular complexity index is 721. The molecule has 4 nitrogen and oxygen atoms in total. The van der Waals surface area contributed by atoms with Crippen LogP contribution in [0.2, 0.25) is 0 Å². The summed E-state index contributed by atoms with van der Waals surface area (Å²) in [6, 6.07) is 18.3. The van der Waals surface area contributed by atoms with Crippen molar-refractivity contribution in [3.8, 4) is 5.75 Å². The molecule has 2 aromatic carbocycles.